The van der Waals surface area contributed by atoms with Gasteiger partial charge in [-0.1, -0.05) is 5.16 Å². The Kier molecular flexibility index (Phi) is 3.55. The zero-order valence-electron chi connectivity index (χ0n) is 11.1. The number of aromatic carboxylic acids is 1. The van der Waals surface area contributed by atoms with Crippen molar-refractivity contribution in [2.45, 2.75) is 27.4 Å². The highest BCUT2D eigenvalue weighted by Crippen LogP contribution is 2.25. The maximum Gasteiger partial charge on any atom is 0.335 e. The zero-order valence-corrected chi connectivity index (χ0v) is 11.1. The second kappa shape index (κ2) is 5.14. The second-order valence-electron chi connectivity index (χ2n) is 4.47. The van der Waals surface area contributed by atoms with E-state index in [9.17, 15) is 4.79 Å². The molecule has 0 fully saturated rings. The molecule has 0 saturated heterocycles. The molecule has 2 rings (SSSR count). The molecule has 0 aliphatic carbocycles. The topological polar surface area (TPSA) is 72.6 Å². The Morgan fingerprint density at radius 2 is 1.89 bits per heavy atom. The Balaban J connectivity index is 2.18. The number of carboxylic acid groups (broad SMARTS) is 1. The lowest BCUT2D eigenvalue weighted by molar-refractivity contribution is 0.0696. The van der Waals surface area contributed by atoms with Crippen LogP contribution in [0.3, 0.4) is 0 Å². The van der Waals surface area contributed by atoms with Gasteiger partial charge in [-0.15, -0.1) is 0 Å². The number of carboxylic acids is 1. The molecule has 0 spiro atoms. The van der Waals surface area contributed by atoms with Crippen LogP contribution in [0, 0.1) is 20.8 Å². The van der Waals surface area contributed by atoms with Crippen LogP contribution in [0.5, 0.6) is 5.75 Å². The summed E-state index contributed by atoms with van der Waals surface area (Å²) in [6, 6.07) is 4.99. The molecule has 0 aliphatic rings. The molecule has 0 unspecified atom stereocenters. The van der Waals surface area contributed by atoms with Crippen molar-refractivity contribution in [1.82, 2.24) is 5.16 Å². The monoisotopic (exact) mass is 261 g/mol. The Morgan fingerprint density at radius 1 is 1.26 bits per heavy atom. The van der Waals surface area contributed by atoms with Crippen LogP contribution in [-0.4, -0.2) is 16.2 Å². The van der Waals surface area contributed by atoms with E-state index in [1.165, 1.54) is 0 Å². The van der Waals surface area contributed by atoms with Crippen molar-refractivity contribution in [2.24, 2.45) is 0 Å². The fourth-order valence-electron chi connectivity index (χ4n) is 1.93. The Hall–Kier alpha value is -2.30. The van der Waals surface area contributed by atoms with Gasteiger partial charge in [0, 0.05) is 6.07 Å². The molecule has 0 saturated carbocycles. The molecule has 1 heterocycles. The number of rotatable bonds is 4. The summed E-state index contributed by atoms with van der Waals surface area (Å²) in [6.45, 7) is 5.75. The number of ether oxygens (including phenoxy) is 1. The van der Waals surface area contributed by atoms with Crippen molar-refractivity contribution in [2.75, 3.05) is 0 Å². The molecule has 1 aromatic carbocycles. The molecule has 1 aromatic heterocycles. The molecular formula is C14H15NO4. The van der Waals surface area contributed by atoms with Crippen molar-refractivity contribution in [1.29, 1.82) is 0 Å². The van der Waals surface area contributed by atoms with Crippen molar-refractivity contribution in [3.8, 4) is 5.75 Å². The lowest BCUT2D eigenvalue weighted by atomic mass is 10.1. The third-order valence-corrected chi connectivity index (χ3v) is 2.74. The van der Waals surface area contributed by atoms with Gasteiger partial charge in [0.1, 0.15) is 12.4 Å². The van der Waals surface area contributed by atoms with Gasteiger partial charge >= 0.3 is 5.97 Å². The molecule has 2 aromatic rings. The average molecular weight is 261 g/mol. The predicted molar refractivity (Wildman–Crippen MR) is 68.4 cm³/mol. The van der Waals surface area contributed by atoms with E-state index >= 15 is 0 Å². The summed E-state index contributed by atoms with van der Waals surface area (Å²) in [5.41, 5.74) is 2.63. The minimum Gasteiger partial charge on any atom is -0.485 e. The van der Waals surface area contributed by atoms with Gasteiger partial charge in [0.25, 0.3) is 0 Å². The van der Waals surface area contributed by atoms with E-state index < -0.39 is 5.97 Å². The summed E-state index contributed by atoms with van der Waals surface area (Å²) < 4.78 is 10.7. The first-order valence-electron chi connectivity index (χ1n) is 5.87. The molecule has 0 atom stereocenters. The highest BCUT2D eigenvalue weighted by atomic mass is 16.5. The third-order valence-electron chi connectivity index (χ3n) is 2.74. The Labute approximate surface area is 110 Å². The fraction of sp³-hybridized carbons (Fsp3) is 0.286. The van der Waals surface area contributed by atoms with Gasteiger partial charge < -0.3 is 14.4 Å². The van der Waals surface area contributed by atoms with E-state index in [1.54, 1.807) is 18.2 Å². The normalized spacial score (nSPS) is 10.5. The number of aromatic nitrogens is 1. The summed E-state index contributed by atoms with van der Waals surface area (Å²) in [4.78, 5) is 10.9. The van der Waals surface area contributed by atoms with E-state index in [0.717, 1.165) is 16.8 Å². The van der Waals surface area contributed by atoms with Crippen LogP contribution in [0.1, 0.15) is 32.9 Å². The molecular weight excluding hydrogens is 246 g/mol. The first kappa shape index (κ1) is 13.1. The minimum atomic E-state index is -0.941. The number of nitrogens with zero attached hydrogens (tertiary/aromatic N) is 1. The van der Waals surface area contributed by atoms with Gasteiger partial charge in [-0.25, -0.2) is 4.79 Å². The molecule has 0 bridgehead atoms. The van der Waals surface area contributed by atoms with Gasteiger partial charge in [-0.2, -0.15) is 0 Å². The summed E-state index contributed by atoms with van der Waals surface area (Å²) in [5, 5.41) is 12.7. The number of benzene rings is 1. The summed E-state index contributed by atoms with van der Waals surface area (Å²) >= 11 is 0. The van der Waals surface area contributed by atoms with Gasteiger partial charge in [0.15, 0.2) is 5.76 Å². The molecule has 100 valence electrons. The first-order valence-corrected chi connectivity index (χ1v) is 5.87. The van der Waals surface area contributed by atoms with Crippen LogP contribution < -0.4 is 4.74 Å². The van der Waals surface area contributed by atoms with Crippen molar-refractivity contribution in [3.05, 3.63) is 46.3 Å². The van der Waals surface area contributed by atoms with E-state index in [4.69, 9.17) is 14.4 Å². The lowest BCUT2D eigenvalue weighted by Gasteiger charge is -2.11. The Morgan fingerprint density at radius 3 is 2.37 bits per heavy atom. The number of hydrogen-bond acceptors (Lipinski definition) is 4. The summed E-state index contributed by atoms with van der Waals surface area (Å²) in [7, 11) is 0. The standard InChI is InChI=1S/C14H15NO4/c1-8-4-11(14(16)17)5-9(2)13(8)18-7-12-6-10(3)15-19-12/h4-6H,7H2,1-3H3,(H,16,17). The largest absolute Gasteiger partial charge is 0.485 e. The predicted octanol–water partition coefficient (Wildman–Crippen LogP) is 2.88. The van der Waals surface area contributed by atoms with Crippen LogP contribution in [-0.2, 0) is 6.61 Å². The number of hydrogen-bond donors (Lipinski definition) is 1. The average Bonchev–Trinajstić information content (AvgIpc) is 2.73. The van der Waals surface area contributed by atoms with E-state index in [0.29, 0.717) is 11.5 Å². The van der Waals surface area contributed by atoms with Crippen LogP contribution in [0.2, 0.25) is 0 Å². The lowest BCUT2D eigenvalue weighted by Crippen LogP contribution is -2.02. The molecule has 19 heavy (non-hydrogen) atoms. The summed E-state index contributed by atoms with van der Waals surface area (Å²) in [5.74, 6) is 0.376. The molecule has 1 N–H and O–H groups in total. The van der Waals surface area contributed by atoms with Crippen LogP contribution in [0.25, 0.3) is 0 Å². The fourth-order valence-corrected chi connectivity index (χ4v) is 1.93. The van der Waals surface area contributed by atoms with E-state index in [1.807, 2.05) is 20.8 Å². The zero-order chi connectivity index (χ0) is 14.0. The highest BCUT2D eigenvalue weighted by Gasteiger charge is 2.11. The van der Waals surface area contributed by atoms with Gasteiger partial charge in [-0.3, -0.25) is 0 Å². The van der Waals surface area contributed by atoms with E-state index in [-0.39, 0.29) is 12.2 Å². The van der Waals surface area contributed by atoms with Crippen LogP contribution in [0.15, 0.2) is 22.7 Å². The SMILES string of the molecule is Cc1cc(COc2c(C)cc(C(=O)O)cc2C)on1. The molecule has 5 heteroatoms. The number of carbonyl (C=O) groups is 1. The third kappa shape index (κ3) is 2.93. The molecule has 5 nitrogen and oxygen atoms in total. The van der Waals surface area contributed by atoms with Crippen LogP contribution in [0.4, 0.5) is 0 Å². The Bertz CT molecular complexity index is 593. The molecule has 0 radical (unpaired) electrons. The van der Waals surface area contributed by atoms with Crippen molar-refractivity contribution >= 4 is 5.97 Å². The second-order valence-corrected chi connectivity index (χ2v) is 4.47. The maximum atomic E-state index is 10.9. The minimum absolute atomic E-state index is 0.262. The summed E-state index contributed by atoms with van der Waals surface area (Å²) in [6.07, 6.45) is 0. The maximum absolute atomic E-state index is 10.9. The van der Waals surface area contributed by atoms with E-state index in [2.05, 4.69) is 5.16 Å². The van der Waals surface area contributed by atoms with Gasteiger partial charge in [0.2, 0.25) is 0 Å². The van der Waals surface area contributed by atoms with Crippen molar-refractivity contribution < 1.29 is 19.2 Å². The highest BCUT2D eigenvalue weighted by molar-refractivity contribution is 5.88. The molecule has 0 amide bonds. The van der Waals surface area contributed by atoms with Gasteiger partial charge in [-0.05, 0) is 44.0 Å². The number of aryl methyl sites for hydroxylation is 3. The first-order chi connectivity index (χ1) is 8.97. The molecule has 0 aliphatic heterocycles. The van der Waals surface area contributed by atoms with Crippen molar-refractivity contribution in [3.63, 3.8) is 0 Å². The quantitative estimate of drug-likeness (QED) is 0.916. The smallest absolute Gasteiger partial charge is 0.335 e. The van der Waals surface area contributed by atoms with Crippen LogP contribution >= 0.6 is 0 Å². The van der Waals surface area contributed by atoms with Gasteiger partial charge in [0.05, 0.1) is 11.3 Å².